The molecule has 0 aromatic rings. The van der Waals surface area contributed by atoms with Gasteiger partial charge < -0.3 is 20.4 Å². The van der Waals surface area contributed by atoms with Gasteiger partial charge >= 0.3 is 0 Å². The second-order valence-electron chi connectivity index (χ2n) is 9.56. The molecule has 4 rings (SSSR count). The van der Waals surface area contributed by atoms with Crippen LogP contribution in [-0.2, 0) is 0 Å². The maximum Gasteiger partial charge on any atom is 0.0836 e. The van der Waals surface area contributed by atoms with Gasteiger partial charge in [-0.25, -0.2) is 0 Å². The lowest BCUT2D eigenvalue weighted by Gasteiger charge is -2.63. The molecule has 4 saturated carbocycles. The standard InChI is InChI=1S/C20H32O4/c1-10-4-5-11-16-12(6-7-19(10,11)2)20(3)9-15(22)14(21)8-13(20)17(23)18(16)24/h11-18,21-24H,1,4-9H2,2-3H3/t11?,12?,13?,14-,15+,16?,17+,18+,19+,20+/m0/s1. The summed E-state index contributed by atoms with van der Waals surface area (Å²) in [6.07, 6.45) is 2.02. The Hall–Kier alpha value is -0.420. The van der Waals surface area contributed by atoms with Crippen molar-refractivity contribution in [2.75, 3.05) is 0 Å². The molecule has 0 radical (unpaired) electrons. The lowest BCUT2D eigenvalue weighted by molar-refractivity contribution is -0.232. The van der Waals surface area contributed by atoms with Crippen LogP contribution in [0.25, 0.3) is 0 Å². The molecule has 4 nitrogen and oxygen atoms in total. The zero-order valence-corrected chi connectivity index (χ0v) is 14.9. The highest BCUT2D eigenvalue weighted by Crippen LogP contribution is 2.67. The Morgan fingerprint density at radius 3 is 2.33 bits per heavy atom. The van der Waals surface area contributed by atoms with Crippen LogP contribution in [0.4, 0.5) is 0 Å². The van der Waals surface area contributed by atoms with Crippen LogP contribution in [-0.4, -0.2) is 44.8 Å². The van der Waals surface area contributed by atoms with E-state index in [0.29, 0.717) is 24.7 Å². The highest BCUT2D eigenvalue weighted by Gasteiger charge is 2.64. The van der Waals surface area contributed by atoms with Crippen LogP contribution in [0.3, 0.4) is 0 Å². The van der Waals surface area contributed by atoms with Gasteiger partial charge in [0, 0.05) is 0 Å². The quantitative estimate of drug-likeness (QED) is 0.509. The Labute approximate surface area is 144 Å². The molecule has 0 heterocycles. The van der Waals surface area contributed by atoms with E-state index in [-0.39, 0.29) is 22.7 Å². The Morgan fingerprint density at radius 1 is 0.917 bits per heavy atom. The van der Waals surface area contributed by atoms with Gasteiger partial charge in [-0.2, -0.15) is 0 Å². The second kappa shape index (κ2) is 5.29. The average Bonchev–Trinajstić information content (AvgIpc) is 2.83. The molecular weight excluding hydrogens is 304 g/mol. The van der Waals surface area contributed by atoms with Crippen LogP contribution in [0.5, 0.6) is 0 Å². The van der Waals surface area contributed by atoms with Crippen LogP contribution in [0.1, 0.15) is 52.4 Å². The first-order chi connectivity index (χ1) is 11.2. The fourth-order valence-electron chi connectivity index (χ4n) is 7.20. The van der Waals surface area contributed by atoms with Gasteiger partial charge in [0.2, 0.25) is 0 Å². The highest BCUT2D eigenvalue weighted by molar-refractivity contribution is 5.23. The topological polar surface area (TPSA) is 80.9 Å². The van der Waals surface area contributed by atoms with Gasteiger partial charge in [0.05, 0.1) is 24.4 Å². The second-order valence-corrected chi connectivity index (χ2v) is 9.56. The Bertz CT molecular complexity index is 548. The molecule has 4 fully saturated rings. The maximum atomic E-state index is 11.0. The maximum absolute atomic E-state index is 11.0. The van der Waals surface area contributed by atoms with E-state index in [9.17, 15) is 20.4 Å². The van der Waals surface area contributed by atoms with Crippen molar-refractivity contribution in [3.8, 4) is 0 Å². The largest absolute Gasteiger partial charge is 0.390 e. The van der Waals surface area contributed by atoms with Gasteiger partial charge in [-0.3, -0.25) is 0 Å². The molecule has 0 aromatic carbocycles. The summed E-state index contributed by atoms with van der Waals surface area (Å²) < 4.78 is 0. The van der Waals surface area contributed by atoms with Crippen LogP contribution in [0.15, 0.2) is 12.2 Å². The lowest BCUT2D eigenvalue weighted by atomic mass is 9.43. The Kier molecular flexibility index (Phi) is 3.75. The lowest BCUT2D eigenvalue weighted by Crippen LogP contribution is -2.65. The number of hydrogen-bond donors (Lipinski definition) is 4. The normalized spacial score (nSPS) is 60.3. The minimum absolute atomic E-state index is 0.0710. The van der Waals surface area contributed by atoms with Crippen LogP contribution >= 0.6 is 0 Å². The van der Waals surface area contributed by atoms with Gasteiger partial charge in [0.25, 0.3) is 0 Å². The van der Waals surface area contributed by atoms with E-state index in [1.54, 1.807) is 0 Å². The number of hydrogen-bond acceptors (Lipinski definition) is 4. The summed E-state index contributed by atoms with van der Waals surface area (Å²) in [5, 5.41) is 42.3. The first-order valence-electron chi connectivity index (χ1n) is 9.60. The van der Waals surface area contributed by atoms with E-state index in [1.165, 1.54) is 5.57 Å². The first-order valence-corrected chi connectivity index (χ1v) is 9.60. The summed E-state index contributed by atoms with van der Waals surface area (Å²) in [6, 6.07) is 0. The summed E-state index contributed by atoms with van der Waals surface area (Å²) >= 11 is 0. The van der Waals surface area contributed by atoms with E-state index in [0.717, 1.165) is 25.7 Å². The molecule has 10 atom stereocenters. The van der Waals surface area contributed by atoms with E-state index in [4.69, 9.17) is 0 Å². The Morgan fingerprint density at radius 2 is 1.62 bits per heavy atom. The summed E-state index contributed by atoms with van der Waals surface area (Å²) in [4.78, 5) is 0. The molecule has 136 valence electrons. The first kappa shape index (κ1) is 17.0. The average molecular weight is 336 g/mol. The van der Waals surface area contributed by atoms with Crippen LogP contribution in [0, 0.1) is 34.5 Å². The molecule has 4 aliphatic rings. The summed E-state index contributed by atoms with van der Waals surface area (Å²) in [5.41, 5.74) is 1.17. The summed E-state index contributed by atoms with van der Waals surface area (Å²) in [6.45, 7) is 8.76. The monoisotopic (exact) mass is 336 g/mol. The molecule has 4 aliphatic carbocycles. The van der Waals surface area contributed by atoms with Gasteiger partial charge in [-0.05, 0) is 73.0 Å². The molecule has 0 amide bonds. The van der Waals surface area contributed by atoms with E-state index in [1.807, 2.05) is 0 Å². The molecule has 4 unspecified atom stereocenters. The zero-order valence-electron chi connectivity index (χ0n) is 14.9. The van der Waals surface area contributed by atoms with Crippen molar-refractivity contribution in [2.45, 2.75) is 76.8 Å². The molecule has 24 heavy (non-hydrogen) atoms. The highest BCUT2D eigenvalue weighted by atomic mass is 16.3. The van der Waals surface area contributed by atoms with Crippen molar-refractivity contribution in [3.05, 3.63) is 12.2 Å². The SMILES string of the molecule is C=C1CCC2C3C(CC[C@]12C)[C@@]1(C)C[C@@H](O)[C@@H](O)CC1[C@@H](O)[C@@H]3O. The predicted molar refractivity (Wildman–Crippen MR) is 91.0 cm³/mol. The minimum atomic E-state index is -0.811. The molecule has 0 bridgehead atoms. The number of fused-ring (bicyclic) bond motifs is 5. The van der Waals surface area contributed by atoms with Gasteiger partial charge in [-0.1, -0.05) is 26.0 Å². The summed E-state index contributed by atoms with van der Waals surface area (Å²) in [5.74, 6) is 0.602. The molecule has 0 spiro atoms. The van der Waals surface area contributed by atoms with Crippen molar-refractivity contribution in [3.63, 3.8) is 0 Å². The van der Waals surface area contributed by atoms with Gasteiger partial charge in [0.15, 0.2) is 0 Å². The van der Waals surface area contributed by atoms with Crippen molar-refractivity contribution in [2.24, 2.45) is 34.5 Å². The number of aliphatic hydroxyl groups is 4. The van der Waals surface area contributed by atoms with E-state index >= 15 is 0 Å². The van der Waals surface area contributed by atoms with Gasteiger partial charge in [0.1, 0.15) is 0 Å². The zero-order chi connectivity index (χ0) is 17.4. The van der Waals surface area contributed by atoms with Crippen LogP contribution < -0.4 is 0 Å². The molecule has 0 aromatic heterocycles. The summed E-state index contributed by atoms with van der Waals surface area (Å²) in [7, 11) is 0. The van der Waals surface area contributed by atoms with Crippen molar-refractivity contribution in [1.29, 1.82) is 0 Å². The minimum Gasteiger partial charge on any atom is -0.390 e. The fraction of sp³-hybridized carbons (Fsp3) is 0.900. The molecule has 4 N–H and O–H groups in total. The number of aliphatic hydroxyl groups excluding tert-OH is 4. The Balaban J connectivity index is 1.74. The third-order valence-corrected chi connectivity index (χ3v) is 8.73. The third-order valence-electron chi connectivity index (χ3n) is 8.73. The molecular formula is C20H32O4. The third kappa shape index (κ3) is 2.00. The van der Waals surface area contributed by atoms with Crippen molar-refractivity contribution >= 4 is 0 Å². The van der Waals surface area contributed by atoms with E-state index in [2.05, 4.69) is 20.4 Å². The number of rotatable bonds is 0. The van der Waals surface area contributed by atoms with Crippen LogP contribution in [0.2, 0.25) is 0 Å². The molecule has 0 saturated heterocycles. The molecule has 0 aliphatic heterocycles. The predicted octanol–water partition coefficient (Wildman–Crippen LogP) is 1.86. The molecule has 4 heteroatoms. The number of allylic oxidation sites excluding steroid dienone is 1. The van der Waals surface area contributed by atoms with Gasteiger partial charge in [-0.15, -0.1) is 0 Å². The van der Waals surface area contributed by atoms with Crippen molar-refractivity contribution < 1.29 is 20.4 Å². The smallest absolute Gasteiger partial charge is 0.0836 e. The van der Waals surface area contributed by atoms with E-state index < -0.39 is 24.4 Å². The fourth-order valence-corrected chi connectivity index (χ4v) is 7.20. The van der Waals surface area contributed by atoms with Crippen molar-refractivity contribution in [1.82, 2.24) is 0 Å².